The zero-order chi connectivity index (χ0) is 23.4. The summed E-state index contributed by atoms with van der Waals surface area (Å²) in [7, 11) is 0. The number of thiophene rings is 1. The Labute approximate surface area is 193 Å². The molecule has 0 aliphatic heterocycles. The van der Waals surface area contributed by atoms with Gasteiger partial charge in [0, 0.05) is 24.2 Å². The summed E-state index contributed by atoms with van der Waals surface area (Å²) in [6.07, 6.45) is 1.52. The van der Waals surface area contributed by atoms with Crippen molar-refractivity contribution < 1.29 is 24.6 Å². The zero-order valence-corrected chi connectivity index (χ0v) is 18.4. The first-order chi connectivity index (χ1) is 16.0. The van der Waals surface area contributed by atoms with E-state index in [0.29, 0.717) is 5.00 Å². The summed E-state index contributed by atoms with van der Waals surface area (Å²) in [4.78, 5) is 32.6. The van der Waals surface area contributed by atoms with E-state index in [1.165, 1.54) is 11.3 Å². The molecule has 33 heavy (non-hydrogen) atoms. The first-order valence-electron chi connectivity index (χ1n) is 10.5. The van der Waals surface area contributed by atoms with Crippen molar-refractivity contribution in [2.75, 3.05) is 11.9 Å². The zero-order valence-electron chi connectivity index (χ0n) is 17.6. The van der Waals surface area contributed by atoms with E-state index >= 15 is 0 Å². The van der Waals surface area contributed by atoms with Crippen LogP contribution in [-0.2, 0) is 21.0 Å². The van der Waals surface area contributed by atoms with Gasteiger partial charge in [-0.25, -0.2) is 0 Å². The highest BCUT2D eigenvalue weighted by atomic mass is 32.1. The molecule has 2 aromatic heterocycles. The molecule has 4 rings (SSSR count). The number of hydrogen-bond donors (Lipinski definition) is 3. The number of esters is 1. The van der Waals surface area contributed by atoms with Crippen molar-refractivity contribution in [2.24, 2.45) is 23.5 Å². The topological polar surface area (TPSA) is 150 Å². The Morgan fingerprint density at radius 2 is 2.15 bits per heavy atom. The lowest BCUT2D eigenvalue weighted by Gasteiger charge is -2.46. The summed E-state index contributed by atoms with van der Waals surface area (Å²) in [5, 5.41) is 25.7. The van der Waals surface area contributed by atoms with Crippen LogP contribution in [0.15, 0.2) is 54.9 Å². The average Bonchev–Trinajstić information content (AvgIpc) is 3.21. The predicted octanol–water partition coefficient (Wildman–Crippen LogP) is 2.56. The van der Waals surface area contributed by atoms with E-state index in [1.807, 2.05) is 42.5 Å². The van der Waals surface area contributed by atoms with Crippen LogP contribution in [0.5, 0.6) is 0 Å². The van der Waals surface area contributed by atoms with Crippen molar-refractivity contribution >= 4 is 32.4 Å². The predicted molar refractivity (Wildman–Crippen MR) is 121 cm³/mol. The van der Waals surface area contributed by atoms with Gasteiger partial charge < -0.3 is 25.7 Å². The molecular weight excluding hydrogens is 448 g/mol. The van der Waals surface area contributed by atoms with Crippen molar-refractivity contribution in [3.63, 3.8) is 0 Å². The van der Waals surface area contributed by atoms with Crippen LogP contribution in [0.25, 0.3) is 10.1 Å². The number of aliphatic hydroxyl groups is 1. The minimum absolute atomic E-state index is 0.00861. The Morgan fingerprint density at radius 1 is 1.36 bits per heavy atom. The quantitative estimate of drug-likeness (QED) is 0.175. The minimum Gasteiger partial charge on any atom is -0.461 e. The molecular formula is C22H24N4O6S. The number of rotatable bonds is 10. The molecule has 1 saturated carbocycles. The number of carbonyl (C=O) groups excluding carboxylic acids is 1. The Kier molecular flexibility index (Phi) is 7.02. The SMILES string of the molecule is NC[C@H]([C@H]1C(C(=O)OCc2ccccc2)C[C@@H]1O[N+](=O)[O-])[C@H](O)Nc1cc2ccncc2s1. The molecule has 1 unspecified atom stereocenters. The van der Waals surface area contributed by atoms with Crippen LogP contribution >= 0.6 is 11.3 Å². The first kappa shape index (κ1) is 22.9. The van der Waals surface area contributed by atoms with Gasteiger partial charge in [-0.15, -0.1) is 21.5 Å². The van der Waals surface area contributed by atoms with E-state index in [1.54, 1.807) is 12.4 Å². The second-order valence-corrected chi connectivity index (χ2v) is 8.98. The van der Waals surface area contributed by atoms with Crippen LogP contribution in [-0.4, -0.2) is 40.0 Å². The summed E-state index contributed by atoms with van der Waals surface area (Å²) in [6, 6.07) is 12.9. The molecule has 0 spiro atoms. The molecule has 0 radical (unpaired) electrons. The van der Waals surface area contributed by atoms with Crippen molar-refractivity contribution in [3.8, 4) is 0 Å². The molecule has 0 saturated heterocycles. The lowest BCUT2D eigenvalue weighted by atomic mass is 9.64. The highest BCUT2D eigenvalue weighted by Crippen LogP contribution is 2.44. The van der Waals surface area contributed by atoms with Gasteiger partial charge in [0.05, 0.1) is 15.6 Å². The van der Waals surface area contributed by atoms with Crippen molar-refractivity contribution in [1.29, 1.82) is 0 Å². The Bertz CT molecular complexity index is 1080. The Hall–Kier alpha value is -3.28. The van der Waals surface area contributed by atoms with Gasteiger partial charge in [0.1, 0.15) is 18.9 Å². The molecule has 5 atom stereocenters. The van der Waals surface area contributed by atoms with Crippen LogP contribution < -0.4 is 11.1 Å². The summed E-state index contributed by atoms with van der Waals surface area (Å²) in [5.74, 6) is -2.52. The Balaban J connectivity index is 1.46. The number of ether oxygens (including phenoxy) is 1. The van der Waals surface area contributed by atoms with E-state index in [9.17, 15) is 20.0 Å². The molecule has 10 nitrogen and oxygen atoms in total. The molecule has 3 aromatic rings. The van der Waals surface area contributed by atoms with E-state index in [0.717, 1.165) is 15.6 Å². The van der Waals surface area contributed by atoms with E-state index in [-0.39, 0.29) is 19.6 Å². The number of nitrogens with two attached hydrogens (primary N) is 1. The van der Waals surface area contributed by atoms with Gasteiger partial charge in [-0.3, -0.25) is 9.78 Å². The smallest absolute Gasteiger partial charge is 0.309 e. The van der Waals surface area contributed by atoms with Gasteiger partial charge in [-0.05, 0) is 36.0 Å². The number of aliphatic hydroxyl groups excluding tert-OH is 1. The fourth-order valence-electron chi connectivity index (χ4n) is 4.22. The van der Waals surface area contributed by atoms with E-state index in [2.05, 4.69) is 10.3 Å². The van der Waals surface area contributed by atoms with Gasteiger partial charge in [0.2, 0.25) is 0 Å². The number of benzene rings is 1. The highest BCUT2D eigenvalue weighted by Gasteiger charge is 2.53. The van der Waals surface area contributed by atoms with E-state index in [4.69, 9.17) is 15.3 Å². The summed E-state index contributed by atoms with van der Waals surface area (Å²) >= 11 is 1.41. The number of hydrogen-bond acceptors (Lipinski definition) is 10. The van der Waals surface area contributed by atoms with Crippen LogP contribution in [0.1, 0.15) is 12.0 Å². The van der Waals surface area contributed by atoms with Gasteiger partial charge >= 0.3 is 5.97 Å². The third-order valence-electron chi connectivity index (χ3n) is 5.91. The molecule has 4 N–H and O–H groups in total. The monoisotopic (exact) mass is 472 g/mol. The minimum atomic E-state index is -1.15. The maximum absolute atomic E-state index is 12.8. The number of fused-ring (bicyclic) bond motifs is 1. The second-order valence-electron chi connectivity index (χ2n) is 7.89. The van der Waals surface area contributed by atoms with Crippen LogP contribution in [0, 0.1) is 27.9 Å². The first-order valence-corrected chi connectivity index (χ1v) is 11.3. The molecule has 1 aliphatic carbocycles. The molecule has 1 aliphatic rings. The molecule has 1 aromatic carbocycles. The summed E-state index contributed by atoms with van der Waals surface area (Å²) in [5.41, 5.74) is 6.78. The van der Waals surface area contributed by atoms with Gasteiger partial charge in [0.15, 0.2) is 0 Å². The lowest BCUT2D eigenvalue weighted by molar-refractivity contribution is -0.775. The number of nitrogens with one attached hydrogen (secondary N) is 1. The third-order valence-corrected chi connectivity index (χ3v) is 6.93. The molecule has 1 fully saturated rings. The van der Waals surface area contributed by atoms with E-state index < -0.39 is 41.1 Å². The third kappa shape index (κ3) is 5.21. The largest absolute Gasteiger partial charge is 0.461 e. The Morgan fingerprint density at radius 3 is 2.85 bits per heavy atom. The molecule has 0 bridgehead atoms. The van der Waals surface area contributed by atoms with Crippen molar-refractivity contribution in [3.05, 3.63) is 70.5 Å². The molecule has 11 heteroatoms. The fraction of sp³-hybridized carbons (Fsp3) is 0.364. The average molecular weight is 473 g/mol. The summed E-state index contributed by atoms with van der Waals surface area (Å²) < 4.78 is 6.38. The van der Waals surface area contributed by atoms with Gasteiger partial charge in [-0.1, -0.05) is 30.3 Å². The van der Waals surface area contributed by atoms with Gasteiger partial charge in [0.25, 0.3) is 5.09 Å². The number of anilines is 1. The summed E-state index contributed by atoms with van der Waals surface area (Å²) in [6.45, 7) is 0.0822. The standard InChI is InChI=1S/C22H24N4O6S/c23-10-16(21(27)25-19-8-14-6-7-24-11-18(14)33-19)20-15(9-17(20)32-26(29)30)22(28)31-12-13-4-2-1-3-5-13/h1-8,11,15-17,20-21,25,27H,9-10,12,23H2/t15?,16-,17+,20-,21+/m1/s1. The number of aromatic nitrogens is 1. The molecule has 2 heterocycles. The fourth-order valence-corrected chi connectivity index (χ4v) is 5.18. The van der Waals surface area contributed by atoms with Gasteiger partial charge in [-0.2, -0.15) is 0 Å². The van der Waals surface area contributed by atoms with Crippen LogP contribution in [0.3, 0.4) is 0 Å². The highest BCUT2D eigenvalue weighted by molar-refractivity contribution is 7.22. The number of nitrogens with zero attached hydrogens (tertiary/aromatic N) is 2. The van der Waals surface area contributed by atoms with Crippen molar-refractivity contribution in [1.82, 2.24) is 4.98 Å². The molecule has 0 amide bonds. The maximum Gasteiger partial charge on any atom is 0.309 e. The van der Waals surface area contributed by atoms with Crippen molar-refractivity contribution in [2.45, 2.75) is 25.4 Å². The maximum atomic E-state index is 12.8. The lowest BCUT2D eigenvalue weighted by Crippen LogP contribution is -2.56. The second kappa shape index (κ2) is 10.1. The normalized spacial score (nSPS) is 21.6. The molecule has 174 valence electrons. The number of carbonyl (C=O) groups is 1. The van der Waals surface area contributed by atoms with Crippen LogP contribution in [0.4, 0.5) is 5.00 Å². The van der Waals surface area contributed by atoms with Crippen LogP contribution in [0.2, 0.25) is 0 Å². The number of pyridine rings is 1.